The number of ether oxygens (including phenoxy) is 2. The molecule has 1 N–H and O–H groups in total. The topological polar surface area (TPSA) is 143 Å². The molecule has 0 saturated heterocycles. The van der Waals surface area contributed by atoms with Crippen LogP contribution in [0.1, 0.15) is 75.6 Å². The molecule has 2 aromatic rings. The monoisotopic (exact) mass is 736 g/mol. The highest BCUT2D eigenvalue weighted by atomic mass is 32.3. The van der Waals surface area contributed by atoms with Crippen molar-refractivity contribution in [2.24, 2.45) is 0 Å². The van der Waals surface area contributed by atoms with Crippen molar-refractivity contribution in [2.45, 2.75) is 87.1 Å². The van der Waals surface area contributed by atoms with E-state index in [0.29, 0.717) is 5.69 Å². The van der Waals surface area contributed by atoms with Crippen molar-refractivity contribution in [2.75, 3.05) is 76.0 Å². The molecule has 0 radical (unpaired) electrons. The van der Waals surface area contributed by atoms with Crippen molar-refractivity contribution in [3.05, 3.63) is 46.5 Å². The molecule has 3 rings (SSSR count). The number of carbonyl (C=O) groups is 2. The van der Waals surface area contributed by atoms with Gasteiger partial charge in [-0.05, 0) is 128 Å². The quantitative estimate of drug-likeness (QED) is 0.168. The van der Waals surface area contributed by atoms with Crippen LogP contribution in [-0.2, 0) is 29.1 Å². The van der Waals surface area contributed by atoms with E-state index in [2.05, 4.69) is 54.9 Å². The van der Waals surface area contributed by atoms with Crippen molar-refractivity contribution < 1.29 is 35.9 Å². The molecule has 0 unspecified atom stereocenters. The van der Waals surface area contributed by atoms with Crippen LogP contribution in [-0.4, -0.2) is 91.0 Å². The van der Waals surface area contributed by atoms with Gasteiger partial charge in [-0.3, -0.25) is 10.2 Å². The van der Waals surface area contributed by atoms with Crippen LogP contribution in [0.5, 0.6) is 0 Å². The number of aryl methyl sites for hydroxylation is 4. The Balaban J connectivity index is 1.51. The number of anilines is 4. The van der Waals surface area contributed by atoms with E-state index in [1.165, 1.54) is 0 Å². The summed E-state index contributed by atoms with van der Waals surface area (Å²) in [7, 11) is -8.14. The number of carbonyl (C=O) groups excluding carboxylic acids is 2. The highest BCUT2D eigenvalue weighted by molar-refractivity contribution is 8.08. The first kappa shape index (κ1) is 40.9. The largest absolute Gasteiger partial charge is 0.449 e. The van der Waals surface area contributed by atoms with E-state index in [9.17, 15) is 26.4 Å². The zero-order valence-electron chi connectivity index (χ0n) is 31.0. The van der Waals surface area contributed by atoms with Crippen LogP contribution < -0.4 is 20.0 Å². The lowest BCUT2D eigenvalue weighted by atomic mass is 9.90. The van der Waals surface area contributed by atoms with Gasteiger partial charge in [-0.25, -0.2) is 26.4 Å². The second-order valence-electron chi connectivity index (χ2n) is 12.9. The van der Waals surface area contributed by atoms with Gasteiger partial charge in [0.25, 0.3) is 0 Å². The molecule has 0 aromatic heterocycles. The van der Waals surface area contributed by atoms with Gasteiger partial charge in [0.05, 0.1) is 23.8 Å². The number of hydrogen-bond donors (Lipinski definition) is 1. The van der Waals surface area contributed by atoms with Crippen molar-refractivity contribution in [3.8, 4) is 0 Å². The van der Waals surface area contributed by atoms with E-state index in [4.69, 9.17) is 9.47 Å². The SMILES string of the molecule is CCN(CC)c1cc(C)c(NC(=O)OCCCS(=O)(=O)CS(=O)(=O)CCOC(=O)N(c2c(C)cc(N(CC)CC)cc2C)C2CCC2)c(C)c1. The Morgan fingerprint density at radius 2 is 1.20 bits per heavy atom. The van der Waals surface area contributed by atoms with Crippen molar-refractivity contribution >= 4 is 54.6 Å². The molecule has 0 atom stereocenters. The highest BCUT2D eigenvalue weighted by Gasteiger charge is 2.34. The summed E-state index contributed by atoms with van der Waals surface area (Å²) in [5, 5.41) is 1.64. The normalized spacial score (nSPS) is 13.4. The van der Waals surface area contributed by atoms with Crippen molar-refractivity contribution in [1.82, 2.24) is 0 Å². The van der Waals surface area contributed by atoms with Crippen LogP contribution in [0.4, 0.5) is 32.3 Å². The van der Waals surface area contributed by atoms with Gasteiger partial charge in [0.2, 0.25) is 0 Å². The summed E-state index contributed by atoms with van der Waals surface area (Å²) < 4.78 is 61.5. The van der Waals surface area contributed by atoms with Gasteiger partial charge in [-0.15, -0.1) is 0 Å². The van der Waals surface area contributed by atoms with E-state index in [1.54, 1.807) is 4.90 Å². The highest BCUT2D eigenvalue weighted by Crippen LogP contribution is 2.37. The first-order valence-electron chi connectivity index (χ1n) is 17.6. The summed E-state index contributed by atoms with van der Waals surface area (Å²) in [6.07, 6.45) is 1.18. The average molecular weight is 737 g/mol. The minimum atomic E-state index is -4.10. The zero-order chi connectivity index (χ0) is 37.2. The third-order valence-electron chi connectivity index (χ3n) is 9.17. The molecule has 2 aromatic carbocycles. The summed E-state index contributed by atoms with van der Waals surface area (Å²) in [6, 6.07) is 8.03. The fraction of sp³-hybridized carbons (Fsp3) is 0.611. The molecule has 1 aliphatic rings. The molecule has 50 heavy (non-hydrogen) atoms. The molecule has 280 valence electrons. The minimum absolute atomic E-state index is 0.0494. The number of nitrogens with one attached hydrogen (secondary N) is 1. The maximum absolute atomic E-state index is 13.4. The summed E-state index contributed by atoms with van der Waals surface area (Å²) in [5.41, 5.74) is 7.09. The number of sulfone groups is 2. The molecule has 14 heteroatoms. The predicted octanol–water partition coefficient (Wildman–Crippen LogP) is 6.53. The van der Waals surface area contributed by atoms with Gasteiger partial charge >= 0.3 is 12.2 Å². The van der Waals surface area contributed by atoms with Crippen LogP contribution in [0.2, 0.25) is 0 Å². The Kier molecular flexibility index (Phi) is 14.8. The molecule has 1 saturated carbocycles. The Bertz CT molecular complexity index is 1650. The third kappa shape index (κ3) is 11.0. The van der Waals surface area contributed by atoms with Gasteiger partial charge in [0.1, 0.15) is 6.61 Å². The molecule has 12 nitrogen and oxygen atoms in total. The Morgan fingerprint density at radius 1 is 0.720 bits per heavy atom. The van der Waals surface area contributed by atoms with Crippen LogP contribution in [0.25, 0.3) is 0 Å². The Hall–Kier alpha value is -3.52. The van der Waals surface area contributed by atoms with Gasteiger partial charge in [-0.1, -0.05) is 0 Å². The van der Waals surface area contributed by atoms with E-state index < -0.39 is 55.1 Å². The second kappa shape index (κ2) is 18.1. The smallest absolute Gasteiger partial charge is 0.414 e. The average Bonchev–Trinajstić information content (AvgIpc) is 3.00. The van der Waals surface area contributed by atoms with Gasteiger partial charge in [0.15, 0.2) is 24.8 Å². The first-order valence-corrected chi connectivity index (χ1v) is 21.2. The van der Waals surface area contributed by atoms with E-state index in [0.717, 1.165) is 84.8 Å². The second-order valence-corrected chi connectivity index (χ2v) is 17.7. The molecule has 0 aliphatic heterocycles. The van der Waals surface area contributed by atoms with Gasteiger partial charge in [-0.2, -0.15) is 0 Å². The van der Waals surface area contributed by atoms with E-state index >= 15 is 0 Å². The molecule has 1 aliphatic carbocycles. The Labute approximate surface area is 299 Å². The molecule has 0 spiro atoms. The third-order valence-corrected chi connectivity index (χ3v) is 13.7. The standard InChI is InChI=1S/C36H56N4O8S2/c1-9-38(10-2)31-21-26(5)33(27(6)22-31)37-35(41)47-17-14-19-49(43,44)25-50(45,46)20-18-48-36(42)40(30-15-13-16-30)34-28(7)23-32(24-29(34)8)39(11-3)12-4/h21-24,30H,9-20,25H2,1-8H3,(H,37,41). The number of nitrogens with zero attached hydrogens (tertiary/aromatic N) is 3. The molecule has 0 heterocycles. The summed E-state index contributed by atoms with van der Waals surface area (Å²) in [6.45, 7) is 18.8. The van der Waals surface area contributed by atoms with Crippen LogP contribution >= 0.6 is 0 Å². The fourth-order valence-corrected chi connectivity index (χ4v) is 10.4. The maximum Gasteiger partial charge on any atom is 0.414 e. The van der Waals surface area contributed by atoms with Crippen LogP contribution in [0, 0.1) is 27.7 Å². The van der Waals surface area contributed by atoms with Crippen LogP contribution in [0.3, 0.4) is 0 Å². The Morgan fingerprint density at radius 3 is 1.66 bits per heavy atom. The first-order chi connectivity index (χ1) is 23.6. The number of benzene rings is 2. The van der Waals surface area contributed by atoms with E-state index in [1.807, 2.05) is 39.8 Å². The lowest BCUT2D eigenvalue weighted by Crippen LogP contribution is -2.46. The zero-order valence-corrected chi connectivity index (χ0v) is 32.6. The molecular formula is C36H56N4O8S2. The minimum Gasteiger partial charge on any atom is -0.449 e. The van der Waals surface area contributed by atoms with E-state index in [-0.39, 0.29) is 19.1 Å². The van der Waals surface area contributed by atoms with Crippen LogP contribution in [0.15, 0.2) is 24.3 Å². The molecule has 1 fully saturated rings. The van der Waals surface area contributed by atoms with Gasteiger partial charge < -0.3 is 19.3 Å². The molecule has 0 bridgehead atoms. The molecular weight excluding hydrogens is 681 g/mol. The van der Waals surface area contributed by atoms with Crippen molar-refractivity contribution in [3.63, 3.8) is 0 Å². The number of amides is 2. The fourth-order valence-electron chi connectivity index (χ4n) is 6.36. The van der Waals surface area contributed by atoms with Gasteiger partial charge in [0, 0.05) is 49.3 Å². The lowest BCUT2D eigenvalue weighted by Gasteiger charge is -2.38. The number of rotatable bonds is 18. The predicted molar refractivity (Wildman–Crippen MR) is 202 cm³/mol. The summed E-state index contributed by atoms with van der Waals surface area (Å²) >= 11 is 0. The molecule has 2 amide bonds. The lowest BCUT2D eigenvalue weighted by molar-refractivity contribution is 0.153. The van der Waals surface area contributed by atoms with Crippen molar-refractivity contribution in [1.29, 1.82) is 0 Å². The summed E-state index contributed by atoms with van der Waals surface area (Å²) in [4.78, 5) is 31.9. The number of hydrogen-bond acceptors (Lipinski definition) is 10. The summed E-state index contributed by atoms with van der Waals surface area (Å²) in [5.74, 6) is -1.10. The maximum atomic E-state index is 13.4.